The molecule has 2 aromatic rings. The van der Waals surface area contributed by atoms with Gasteiger partial charge in [0.2, 0.25) is 10.0 Å². The van der Waals surface area contributed by atoms with E-state index in [0.29, 0.717) is 17.4 Å². The normalized spacial score (nSPS) is 13.4. The Morgan fingerprint density at radius 2 is 1.71 bits per heavy atom. The van der Waals surface area contributed by atoms with Crippen molar-refractivity contribution in [3.05, 3.63) is 34.2 Å². The highest BCUT2D eigenvalue weighted by Crippen LogP contribution is 2.41. The summed E-state index contributed by atoms with van der Waals surface area (Å²) in [6, 6.07) is -1.38. The second-order valence-electron chi connectivity index (χ2n) is 9.43. The minimum atomic E-state index is -5.27. The number of hydrogen-bond donors (Lipinski definition) is 3. The molecular weight excluding hydrogens is 602 g/mol. The quantitative estimate of drug-likeness (QED) is 0.296. The Labute approximate surface area is 237 Å². The van der Waals surface area contributed by atoms with Crippen LogP contribution in [-0.2, 0) is 10.0 Å². The SMILES string of the molecule is CC[C@H](NS(=O)(=O)c1ccc(-c2sc(C(=O)NCC(C)(C)O)nc2C(=O)N(CC)CC)c(C(F)F)c1F)C(F)(F)F. The second kappa shape index (κ2) is 13.0. The largest absolute Gasteiger partial charge is 0.404 e. The van der Waals surface area contributed by atoms with E-state index in [0.717, 1.165) is 13.0 Å². The lowest BCUT2D eigenvalue weighted by Crippen LogP contribution is -2.45. The number of rotatable bonds is 12. The maximum absolute atomic E-state index is 15.5. The number of carbonyl (C=O) groups excluding carboxylic acids is 2. The molecule has 1 aromatic heterocycles. The first kappa shape index (κ1) is 34.4. The first-order chi connectivity index (χ1) is 18.8. The van der Waals surface area contributed by atoms with Crippen LogP contribution in [0.15, 0.2) is 17.0 Å². The number of sulfonamides is 1. The van der Waals surface area contributed by atoms with E-state index in [1.54, 1.807) is 13.8 Å². The van der Waals surface area contributed by atoms with Crippen LogP contribution in [0, 0.1) is 5.82 Å². The number of amides is 2. The van der Waals surface area contributed by atoms with Crippen molar-refractivity contribution >= 4 is 33.2 Å². The lowest BCUT2D eigenvalue weighted by atomic mass is 10.0. The van der Waals surface area contributed by atoms with Crippen LogP contribution in [0.25, 0.3) is 10.4 Å². The fourth-order valence-corrected chi connectivity index (χ4v) is 6.01. The number of halogens is 6. The van der Waals surface area contributed by atoms with E-state index in [-0.39, 0.29) is 24.5 Å². The standard InChI is InChI=1S/C24H30F6N4O5S2/c1-6-14(24(28,29)30)33-41(38,39)13-10-9-12(15(16(13)25)19(26)27)18-17(22(36)34(7-2)8-3)32-21(40-18)20(35)31-11-23(4,5)37/h9-10,14,19,33,37H,6-8,11H2,1-5H3,(H,31,35)/t14-/m0/s1. The number of benzene rings is 1. The van der Waals surface area contributed by atoms with Gasteiger partial charge in [-0.25, -0.2) is 26.6 Å². The van der Waals surface area contributed by atoms with Crippen molar-refractivity contribution in [3.8, 4) is 10.4 Å². The predicted molar refractivity (Wildman–Crippen MR) is 139 cm³/mol. The van der Waals surface area contributed by atoms with Gasteiger partial charge >= 0.3 is 6.18 Å². The fraction of sp³-hybridized carbons (Fsp3) is 0.542. The molecule has 0 fully saturated rings. The second-order valence-corrected chi connectivity index (χ2v) is 12.1. The zero-order valence-electron chi connectivity index (χ0n) is 22.7. The van der Waals surface area contributed by atoms with E-state index >= 15 is 4.39 Å². The summed E-state index contributed by atoms with van der Waals surface area (Å²) < 4.78 is 110. The monoisotopic (exact) mass is 632 g/mol. The van der Waals surface area contributed by atoms with Gasteiger partial charge in [0.15, 0.2) is 10.8 Å². The van der Waals surface area contributed by atoms with Gasteiger partial charge in [-0.1, -0.05) is 13.0 Å². The Balaban J connectivity index is 2.77. The molecular formula is C24H30F6N4O5S2. The molecule has 0 aliphatic carbocycles. The third kappa shape index (κ3) is 8.17. The summed E-state index contributed by atoms with van der Waals surface area (Å²) in [7, 11) is -5.27. The van der Waals surface area contributed by atoms with Gasteiger partial charge in [0.1, 0.15) is 16.6 Å². The molecule has 0 radical (unpaired) electrons. The number of hydrogen-bond acceptors (Lipinski definition) is 7. The van der Waals surface area contributed by atoms with Crippen LogP contribution < -0.4 is 10.0 Å². The summed E-state index contributed by atoms with van der Waals surface area (Å²) in [6.07, 6.45) is -9.47. The van der Waals surface area contributed by atoms with E-state index in [4.69, 9.17) is 0 Å². The number of aliphatic hydroxyl groups is 1. The number of carbonyl (C=O) groups is 2. The lowest BCUT2D eigenvalue weighted by Gasteiger charge is -2.21. The Morgan fingerprint density at radius 1 is 1.12 bits per heavy atom. The van der Waals surface area contributed by atoms with Crippen molar-refractivity contribution in [1.82, 2.24) is 19.9 Å². The lowest BCUT2D eigenvalue weighted by molar-refractivity contribution is -0.151. The van der Waals surface area contributed by atoms with Crippen molar-refractivity contribution in [1.29, 1.82) is 0 Å². The van der Waals surface area contributed by atoms with Crippen molar-refractivity contribution < 1.29 is 49.5 Å². The van der Waals surface area contributed by atoms with E-state index in [1.807, 2.05) is 0 Å². The molecule has 1 heterocycles. The third-order valence-electron chi connectivity index (χ3n) is 5.75. The minimum absolute atomic E-state index is 0.156. The van der Waals surface area contributed by atoms with Gasteiger partial charge in [0.25, 0.3) is 18.2 Å². The summed E-state index contributed by atoms with van der Waals surface area (Å²) >= 11 is 0.443. The molecule has 230 valence electrons. The summed E-state index contributed by atoms with van der Waals surface area (Å²) in [5, 5.41) is 11.9. The zero-order chi connectivity index (χ0) is 31.5. The summed E-state index contributed by atoms with van der Waals surface area (Å²) in [4.78, 5) is 29.3. The van der Waals surface area contributed by atoms with Gasteiger partial charge < -0.3 is 15.3 Å². The average molecular weight is 633 g/mol. The molecule has 0 saturated carbocycles. The summed E-state index contributed by atoms with van der Waals surface area (Å²) in [5.74, 6) is -3.69. The third-order valence-corrected chi connectivity index (χ3v) is 8.33. The first-order valence-corrected chi connectivity index (χ1v) is 14.6. The number of aromatic nitrogens is 1. The Morgan fingerprint density at radius 3 is 2.17 bits per heavy atom. The molecule has 0 unspecified atom stereocenters. The molecule has 3 N–H and O–H groups in total. The molecule has 2 amide bonds. The maximum Gasteiger partial charge on any atom is 0.404 e. The van der Waals surface area contributed by atoms with E-state index < -0.39 is 85.0 Å². The van der Waals surface area contributed by atoms with Gasteiger partial charge in [0.05, 0.1) is 16.0 Å². The number of alkyl halides is 5. The zero-order valence-corrected chi connectivity index (χ0v) is 24.3. The molecule has 41 heavy (non-hydrogen) atoms. The first-order valence-electron chi connectivity index (χ1n) is 12.3. The Bertz CT molecular complexity index is 1370. The van der Waals surface area contributed by atoms with Crippen LogP contribution in [0.2, 0.25) is 0 Å². The van der Waals surface area contributed by atoms with Gasteiger partial charge in [-0.3, -0.25) is 9.59 Å². The molecule has 0 aliphatic rings. The van der Waals surface area contributed by atoms with Crippen LogP contribution >= 0.6 is 11.3 Å². The Hall–Kier alpha value is -2.76. The van der Waals surface area contributed by atoms with Crippen LogP contribution in [0.5, 0.6) is 0 Å². The summed E-state index contributed by atoms with van der Waals surface area (Å²) in [6.45, 7) is 7.13. The predicted octanol–water partition coefficient (Wildman–Crippen LogP) is 4.49. The van der Waals surface area contributed by atoms with Crippen molar-refractivity contribution in [2.75, 3.05) is 19.6 Å². The van der Waals surface area contributed by atoms with E-state index in [2.05, 4.69) is 10.3 Å². The maximum atomic E-state index is 15.5. The molecule has 17 heteroatoms. The van der Waals surface area contributed by atoms with Crippen molar-refractivity contribution in [2.24, 2.45) is 0 Å². The molecule has 1 aromatic carbocycles. The van der Waals surface area contributed by atoms with Gasteiger partial charge in [0, 0.05) is 25.2 Å². The highest BCUT2D eigenvalue weighted by atomic mass is 32.2. The Kier molecular flexibility index (Phi) is 11.0. The van der Waals surface area contributed by atoms with Crippen LogP contribution in [-0.4, -0.2) is 72.7 Å². The fourth-order valence-electron chi connectivity index (χ4n) is 3.60. The number of nitrogens with zero attached hydrogens (tertiary/aromatic N) is 2. The molecule has 0 spiro atoms. The van der Waals surface area contributed by atoms with Crippen LogP contribution in [0.4, 0.5) is 26.3 Å². The van der Waals surface area contributed by atoms with Gasteiger partial charge in [-0.05, 0) is 40.2 Å². The van der Waals surface area contributed by atoms with E-state index in [1.165, 1.54) is 23.5 Å². The number of nitrogens with one attached hydrogen (secondary N) is 2. The van der Waals surface area contributed by atoms with Crippen molar-refractivity contribution in [3.63, 3.8) is 0 Å². The van der Waals surface area contributed by atoms with Crippen LogP contribution in [0.3, 0.4) is 0 Å². The molecule has 0 bridgehead atoms. The highest BCUT2D eigenvalue weighted by molar-refractivity contribution is 7.89. The topological polar surface area (TPSA) is 129 Å². The summed E-state index contributed by atoms with van der Waals surface area (Å²) in [5.41, 5.74) is -4.01. The van der Waals surface area contributed by atoms with Crippen molar-refractivity contribution in [2.45, 2.75) is 70.2 Å². The molecule has 0 saturated heterocycles. The van der Waals surface area contributed by atoms with Crippen LogP contribution in [0.1, 0.15) is 73.3 Å². The molecule has 0 aliphatic heterocycles. The molecule has 2 rings (SSSR count). The number of thiazole rings is 1. The minimum Gasteiger partial charge on any atom is -0.389 e. The molecule has 1 atom stereocenters. The van der Waals surface area contributed by atoms with E-state index in [9.17, 15) is 45.1 Å². The molecule has 9 nitrogen and oxygen atoms in total. The van der Waals surface area contributed by atoms with Gasteiger partial charge in [-0.15, -0.1) is 11.3 Å². The average Bonchev–Trinajstić information content (AvgIpc) is 3.30. The van der Waals surface area contributed by atoms with Gasteiger partial charge in [-0.2, -0.15) is 17.9 Å². The highest BCUT2D eigenvalue weighted by Gasteiger charge is 2.42. The smallest absolute Gasteiger partial charge is 0.389 e.